The highest BCUT2D eigenvalue weighted by molar-refractivity contribution is 7.18. The van der Waals surface area contributed by atoms with E-state index in [9.17, 15) is 10.1 Å². The molecule has 1 unspecified atom stereocenters. The second-order valence-electron chi connectivity index (χ2n) is 9.07. The molecule has 0 N–H and O–H groups in total. The Bertz CT molecular complexity index is 1170. The van der Waals surface area contributed by atoms with Crippen LogP contribution in [-0.4, -0.2) is 9.55 Å². The summed E-state index contributed by atoms with van der Waals surface area (Å²) in [5, 5.41) is 10.0. The van der Waals surface area contributed by atoms with E-state index in [1.54, 1.807) is 17.4 Å². The number of benzene rings is 1. The van der Waals surface area contributed by atoms with Crippen LogP contribution in [0.4, 0.5) is 0 Å². The first kappa shape index (κ1) is 19.8. The average molecular weight is 406 g/mol. The van der Waals surface area contributed by atoms with Gasteiger partial charge < -0.3 is 0 Å². The first-order valence-electron chi connectivity index (χ1n) is 10.3. The molecule has 5 heteroatoms. The number of fused-ring (bicyclic) bond motifs is 3. The van der Waals surface area contributed by atoms with Crippen LogP contribution >= 0.6 is 11.3 Å². The van der Waals surface area contributed by atoms with E-state index in [1.807, 2.05) is 29.7 Å². The number of rotatable bonds is 3. The smallest absolute Gasteiger partial charge is 0.262 e. The summed E-state index contributed by atoms with van der Waals surface area (Å²) in [7, 11) is 0. The van der Waals surface area contributed by atoms with Crippen molar-refractivity contribution in [2.75, 3.05) is 0 Å². The van der Waals surface area contributed by atoms with Crippen LogP contribution < -0.4 is 5.56 Å². The third-order valence-corrected chi connectivity index (χ3v) is 7.33. The Kier molecular flexibility index (Phi) is 5.08. The Morgan fingerprint density at radius 3 is 2.83 bits per heavy atom. The average Bonchev–Trinajstić information content (AvgIpc) is 3.07. The number of aromatic nitrogens is 2. The molecule has 4 rings (SSSR count). The molecule has 3 aromatic rings. The van der Waals surface area contributed by atoms with Crippen molar-refractivity contribution in [1.29, 1.82) is 5.26 Å². The van der Waals surface area contributed by atoms with Gasteiger partial charge in [-0.3, -0.25) is 9.36 Å². The van der Waals surface area contributed by atoms with Gasteiger partial charge in [-0.2, -0.15) is 5.26 Å². The predicted molar refractivity (Wildman–Crippen MR) is 118 cm³/mol. The molecule has 0 spiro atoms. The van der Waals surface area contributed by atoms with Gasteiger partial charge in [0, 0.05) is 11.3 Å². The monoisotopic (exact) mass is 405 g/mol. The molecule has 2 aromatic heterocycles. The number of nitrogens with zero attached hydrogens (tertiary/aromatic N) is 3. The molecule has 4 nitrogen and oxygen atoms in total. The second-order valence-corrected chi connectivity index (χ2v) is 10.2. The molecule has 0 radical (unpaired) electrons. The minimum absolute atomic E-state index is 0.0703. The SMILES string of the molecule is CCc1nc2sc3c(c2c(=O)n1Cc1cccc(C#N)c1)CCC(C(C)(C)C)C3. The van der Waals surface area contributed by atoms with Crippen molar-refractivity contribution in [3.8, 4) is 6.07 Å². The Morgan fingerprint density at radius 1 is 1.34 bits per heavy atom. The highest BCUT2D eigenvalue weighted by Gasteiger charge is 2.32. The molecule has 150 valence electrons. The van der Waals surface area contributed by atoms with Gasteiger partial charge in [0.1, 0.15) is 10.7 Å². The highest BCUT2D eigenvalue weighted by Crippen LogP contribution is 2.42. The van der Waals surface area contributed by atoms with Crippen molar-refractivity contribution in [1.82, 2.24) is 9.55 Å². The Labute approximate surface area is 175 Å². The van der Waals surface area contributed by atoms with Crippen molar-refractivity contribution < 1.29 is 0 Å². The van der Waals surface area contributed by atoms with Crippen LogP contribution in [0.2, 0.25) is 0 Å². The lowest BCUT2D eigenvalue weighted by molar-refractivity contribution is 0.218. The molecular weight excluding hydrogens is 378 g/mol. The third kappa shape index (κ3) is 3.62. The van der Waals surface area contributed by atoms with E-state index in [1.165, 1.54) is 10.4 Å². The van der Waals surface area contributed by atoms with E-state index in [4.69, 9.17) is 4.98 Å². The van der Waals surface area contributed by atoms with Crippen LogP contribution in [0.15, 0.2) is 29.1 Å². The molecule has 1 aromatic carbocycles. The summed E-state index contributed by atoms with van der Waals surface area (Å²) in [6.07, 6.45) is 3.84. The maximum absolute atomic E-state index is 13.5. The van der Waals surface area contributed by atoms with E-state index >= 15 is 0 Å². The fourth-order valence-corrected chi connectivity index (χ4v) is 5.70. The van der Waals surface area contributed by atoms with E-state index in [0.29, 0.717) is 24.4 Å². The highest BCUT2D eigenvalue weighted by atomic mass is 32.1. The van der Waals surface area contributed by atoms with Crippen LogP contribution in [-0.2, 0) is 25.8 Å². The third-order valence-electron chi connectivity index (χ3n) is 6.19. The largest absolute Gasteiger partial charge is 0.292 e. The topological polar surface area (TPSA) is 58.7 Å². The van der Waals surface area contributed by atoms with E-state index in [-0.39, 0.29) is 11.0 Å². The van der Waals surface area contributed by atoms with Crippen LogP contribution in [0, 0.1) is 22.7 Å². The van der Waals surface area contributed by atoms with Crippen molar-refractivity contribution >= 4 is 21.6 Å². The van der Waals surface area contributed by atoms with Gasteiger partial charge in [0.15, 0.2) is 0 Å². The van der Waals surface area contributed by atoms with Crippen molar-refractivity contribution in [2.45, 2.75) is 59.9 Å². The molecule has 0 saturated heterocycles. The first-order valence-corrected chi connectivity index (χ1v) is 11.2. The fourth-order valence-electron chi connectivity index (χ4n) is 4.39. The Balaban J connectivity index is 1.81. The minimum atomic E-state index is 0.0703. The van der Waals surface area contributed by atoms with Crippen LogP contribution in [0.25, 0.3) is 10.2 Å². The molecule has 0 fully saturated rings. The molecule has 0 aliphatic heterocycles. The maximum Gasteiger partial charge on any atom is 0.262 e. The Morgan fingerprint density at radius 2 is 2.14 bits per heavy atom. The van der Waals surface area contributed by atoms with Crippen LogP contribution in [0.3, 0.4) is 0 Å². The molecular formula is C24H27N3OS. The summed E-state index contributed by atoms with van der Waals surface area (Å²) < 4.78 is 1.81. The predicted octanol–water partition coefficient (Wildman–Crippen LogP) is 5.09. The van der Waals surface area contributed by atoms with Gasteiger partial charge >= 0.3 is 0 Å². The van der Waals surface area contributed by atoms with Gasteiger partial charge in [0.05, 0.1) is 23.6 Å². The van der Waals surface area contributed by atoms with Gasteiger partial charge in [-0.25, -0.2) is 4.98 Å². The van der Waals surface area contributed by atoms with E-state index in [2.05, 4.69) is 26.8 Å². The summed E-state index contributed by atoms with van der Waals surface area (Å²) in [6.45, 7) is 9.43. The minimum Gasteiger partial charge on any atom is -0.292 e. The lowest BCUT2D eigenvalue weighted by atomic mass is 9.72. The zero-order valence-corrected chi connectivity index (χ0v) is 18.4. The molecule has 2 heterocycles. The molecule has 29 heavy (non-hydrogen) atoms. The molecule has 0 bridgehead atoms. The second kappa shape index (κ2) is 7.42. The van der Waals surface area contributed by atoms with E-state index in [0.717, 1.165) is 40.9 Å². The quantitative estimate of drug-likeness (QED) is 0.610. The van der Waals surface area contributed by atoms with Gasteiger partial charge in [-0.1, -0.05) is 39.8 Å². The Hall–Kier alpha value is -2.45. The zero-order valence-electron chi connectivity index (χ0n) is 17.6. The normalized spacial score (nSPS) is 16.6. The number of hydrogen-bond acceptors (Lipinski definition) is 4. The summed E-state index contributed by atoms with van der Waals surface area (Å²) in [5.74, 6) is 1.46. The fraction of sp³-hybridized carbons (Fsp3) is 0.458. The van der Waals surface area contributed by atoms with Crippen LogP contribution in [0.5, 0.6) is 0 Å². The lowest BCUT2D eigenvalue weighted by Crippen LogP contribution is -2.28. The zero-order chi connectivity index (χ0) is 20.8. The molecule has 1 atom stereocenters. The molecule has 0 amide bonds. The number of hydrogen-bond donors (Lipinski definition) is 0. The van der Waals surface area contributed by atoms with Crippen molar-refractivity contribution in [3.05, 3.63) is 62.0 Å². The maximum atomic E-state index is 13.5. The standard InChI is InChI=1S/C24H27N3OS/c1-5-20-26-22-21(18-10-9-17(24(2,3)4)12-19(18)29-22)23(28)27(20)14-16-8-6-7-15(11-16)13-25/h6-8,11,17H,5,9-10,12,14H2,1-4H3. The van der Waals surface area contributed by atoms with Crippen molar-refractivity contribution in [3.63, 3.8) is 0 Å². The van der Waals surface area contributed by atoms with E-state index < -0.39 is 0 Å². The summed E-state index contributed by atoms with van der Waals surface area (Å²) in [4.78, 5) is 20.7. The first-order chi connectivity index (χ1) is 13.8. The number of aryl methyl sites for hydroxylation is 2. The number of thiophene rings is 1. The van der Waals surface area contributed by atoms with Gasteiger partial charge in [-0.05, 0) is 53.9 Å². The van der Waals surface area contributed by atoms with Gasteiger partial charge in [0.2, 0.25) is 0 Å². The summed E-state index contributed by atoms with van der Waals surface area (Å²) in [6, 6.07) is 9.66. The molecule has 1 aliphatic carbocycles. The summed E-state index contributed by atoms with van der Waals surface area (Å²) in [5.41, 5.74) is 3.15. The molecule has 1 aliphatic rings. The number of nitriles is 1. The lowest BCUT2D eigenvalue weighted by Gasteiger charge is -2.33. The van der Waals surface area contributed by atoms with Gasteiger partial charge in [0.25, 0.3) is 5.56 Å². The summed E-state index contributed by atoms with van der Waals surface area (Å²) >= 11 is 1.72. The van der Waals surface area contributed by atoms with Gasteiger partial charge in [-0.15, -0.1) is 11.3 Å². The molecule has 0 saturated carbocycles. The van der Waals surface area contributed by atoms with Crippen LogP contribution in [0.1, 0.15) is 61.5 Å². The van der Waals surface area contributed by atoms with Crippen molar-refractivity contribution in [2.24, 2.45) is 11.3 Å².